The van der Waals surface area contributed by atoms with E-state index in [-0.39, 0.29) is 11.9 Å². The maximum atomic E-state index is 12.9. The third kappa shape index (κ3) is 3.84. The number of aromatic nitrogens is 1. The Balaban J connectivity index is 1.52. The lowest BCUT2D eigenvalue weighted by Gasteiger charge is -2.23. The summed E-state index contributed by atoms with van der Waals surface area (Å²) >= 11 is 0. The minimum atomic E-state index is -0.190. The van der Waals surface area contributed by atoms with Gasteiger partial charge in [-0.1, -0.05) is 17.3 Å². The number of rotatable bonds is 4. The van der Waals surface area contributed by atoms with Crippen LogP contribution in [0.15, 0.2) is 58.4 Å². The SMILES string of the molecule is O=C(NC1CCNCC1)c1cc(-c2ccncc2)c(-c2ccc3c(c2)CC/C3=N/O)o1. The van der Waals surface area contributed by atoms with Crippen molar-refractivity contribution in [1.29, 1.82) is 0 Å². The predicted octanol–water partition coefficient (Wildman–Crippen LogP) is 3.61. The lowest BCUT2D eigenvalue weighted by atomic mass is 9.99. The Bertz CT molecular complexity index is 1130. The number of nitrogens with zero attached hydrogens (tertiary/aromatic N) is 2. The number of piperidine rings is 1. The van der Waals surface area contributed by atoms with Crippen LogP contribution in [0.1, 0.15) is 40.9 Å². The summed E-state index contributed by atoms with van der Waals surface area (Å²) in [6.07, 6.45) is 6.82. The van der Waals surface area contributed by atoms with E-state index < -0.39 is 0 Å². The summed E-state index contributed by atoms with van der Waals surface area (Å²) in [5, 5.41) is 19.0. The summed E-state index contributed by atoms with van der Waals surface area (Å²) in [7, 11) is 0. The van der Waals surface area contributed by atoms with Crippen molar-refractivity contribution in [2.75, 3.05) is 13.1 Å². The average molecular weight is 416 g/mol. The molecule has 158 valence electrons. The summed E-state index contributed by atoms with van der Waals surface area (Å²) in [6, 6.07) is 11.8. The molecule has 2 aromatic heterocycles. The second kappa shape index (κ2) is 8.35. The first-order valence-corrected chi connectivity index (χ1v) is 10.6. The van der Waals surface area contributed by atoms with Gasteiger partial charge >= 0.3 is 0 Å². The van der Waals surface area contributed by atoms with Gasteiger partial charge in [0.1, 0.15) is 5.76 Å². The number of carbonyl (C=O) groups is 1. The van der Waals surface area contributed by atoms with Gasteiger partial charge in [0.15, 0.2) is 5.76 Å². The number of carbonyl (C=O) groups excluding carboxylic acids is 1. The highest BCUT2D eigenvalue weighted by atomic mass is 16.4. The minimum absolute atomic E-state index is 0.155. The van der Waals surface area contributed by atoms with Gasteiger partial charge in [-0.25, -0.2) is 0 Å². The van der Waals surface area contributed by atoms with Crippen LogP contribution in [0, 0.1) is 0 Å². The molecule has 0 spiro atoms. The Hall–Kier alpha value is -3.45. The molecule has 3 N–H and O–H groups in total. The van der Waals surface area contributed by atoms with Crippen molar-refractivity contribution in [2.45, 2.75) is 31.7 Å². The standard InChI is InChI=1S/C24H24N4O3/c29-24(27-18-7-11-26-12-8-18)22-14-20(15-5-9-25-10-6-15)23(31-22)17-1-3-19-16(13-17)2-4-21(19)28-30/h1,3,5-6,9-10,13-14,18,26,30H,2,4,7-8,11-12H2,(H,27,29)/b28-21-. The molecule has 0 radical (unpaired) electrons. The number of nitrogens with one attached hydrogen (secondary N) is 2. The Morgan fingerprint density at radius 3 is 2.65 bits per heavy atom. The first-order chi connectivity index (χ1) is 15.2. The third-order valence-electron chi connectivity index (χ3n) is 6.05. The van der Waals surface area contributed by atoms with Crippen LogP contribution in [0.5, 0.6) is 0 Å². The number of furan rings is 1. The molecule has 1 saturated heterocycles. The van der Waals surface area contributed by atoms with Crippen LogP contribution in [-0.2, 0) is 6.42 Å². The van der Waals surface area contributed by atoms with E-state index in [4.69, 9.17) is 4.42 Å². The number of benzene rings is 1. The van der Waals surface area contributed by atoms with Gasteiger partial charge in [-0.2, -0.15) is 0 Å². The second-order valence-electron chi connectivity index (χ2n) is 8.01. The fourth-order valence-corrected chi connectivity index (χ4v) is 4.40. The maximum Gasteiger partial charge on any atom is 0.287 e. The van der Waals surface area contributed by atoms with E-state index in [9.17, 15) is 10.0 Å². The van der Waals surface area contributed by atoms with Crippen LogP contribution in [0.3, 0.4) is 0 Å². The van der Waals surface area contributed by atoms with Crippen LogP contribution >= 0.6 is 0 Å². The second-order valence-corrected chi connectivity index (χ2v) is 8.01. The summed E-state index contributed by atoms with van der Waals surface area (Å²) < 4.78 is 6.14. The fraction of sp³-hybridized carbons (Fsp3) is 0.292. The molecule has 0 bridgehead atoms. The normalized spacial score (nSPS) is 17.6. The van der Waals surface area contributed by atoms with Gasteiger partial charge in [-0.15, -0.1) is 0 Å². The topological polar surface area (TPSA) is 99.8 Å². The molecule has 0 unspecified atom stereocenters. The molecule has 31 heavy (non-hydrogen) atoms. The Kier molecular flexibility index (Phi) is 5.26. The monoisotopic (exact) mass is 416 g/mol. The van der Waals surface area contributed by atoms with Gasteiger partial charge < -0.3 is 20.3 Å². The Morgan fingerprint density at radius 1 is 1.06 bits per heavy atom. The number of oxime groups is 1. The van der Waals surface area contributed by atoms with Gasteiger partial charge in [0, 0.05) is 35.1 Å². The van der Waals surface area contributed by atoms with Crippen LogP contribution in [0.25, 0.3) is 22.5 Å². The first kappa shape index (κ1) is 19.5. The number of hydrogen-bond acceptors (Lipinski definition) is 6. The largest absolute Gasteiger partial charge is 0.450 e. The number of amides is 1. The van der Waals surface area contributed by atoms with E-state index in [2.05, 4.69) is 26.8 Å². The Morgan fingerprint density at radius 2 is 1.87 bits per heavy atom. The zero-order chi connectivity index (χ0) is 21.2. The molecular formula is C24H24N4O3. The predicted molar refractivity (Wildman–Crippen MR) is 117 cm³/mol. The van der Waals surface area contributed by atoms with Gasteiger partial charge in [0.2, 0.25) is 0 Å². The van der Waals surface area contributed by atoms with Gasteiger partial charge in [0.05, 0.1) is 5.71 Å². The lowest BCUT2D eigenvalue weighted by molar-refractivity contribution is 0.0902. The van der Waals surface area contributed by atoms with Crippen molar-refractivity contribution in [3.8, 4) is 22.5 Å². The zero-order valence-corrected chi connectivity index (χ0v) is 17.1. The highest BCUT2D eigenvalue weighted by Gasteiger charge is 2.24. The quantitative estimate of drug-likeness (QED) is 0.446. The third-order valence-corrected chi connectivity index (χ3v) is 6.05. The van der Waals surface area contributed by atoms with E-state index in [0.717, 1.165) is 60.2 Å². The molecule has 3 heterocycles. The molecule has 3 aromatic rings. The van der Waals surface area contributed by atoms with E-state index in [1.54, 1.807) is 12.4 Å². The summed E-state index contributed by atoms with van der Waals surface area (Å²) in [6.45, 7) is 1.82. The van der Waals surface area contributed by atoms with E-state index in [0.29, 0.717) is 23.7 Å². The van der Waals surface area contributed by atoms with Crippen LogP contribution in [0.4, 0.5) is 0 Å². The van der Waals surface area contributed by atoms with Crippen molar-refractivity contribution in [3.05, 3.63) is 65.7 Å². The van der Waals surface area contributed by atoms with E-state index in [1.165, 1.54) is 0 Å². The lowest BCUT2D eigenvalue weighted by Crippen LogP contribution is -2.42. The van der Waals surface area contributed by atoms with Crippen molar-refractivity contribution in [2.24, 2.45) is 5.16 Å². The Labute approximate surface area is 180 Å². The molecule has 0 atom stereocenters. The number of aryl methyl sites for hydroxylation is 1. The summed E-state index contributed by atoms with van der Waals surface area (Å²) in [4.78, 5) is 17.0. The molecule has 7 nitrogen and oxygen atoms in total. The highest BCUT2D eigenvalue weighted by molar-refractivity contribution is 6.04. The number of pyridine rings is 1. The summed E-state index contributed by atoms with van der Waals surface area (Å²) in [5.41, 5.74) is 5.47. The van der Waals surface area contributed by atoms with Crippen LogP contribution in [0.2, 0.25) is 0 Å². The van der Waals surface area contributed by atoms with E-state index >= 15 is 0 Å². The van der Waals surface area contributed by atoms with Crippen molar-refractivity contribution in [3.63, 3.8) is 0 Å². The molecule has 0 saturated carbocycles. The van der Waals surface area contributed by atoms with E-state index in [1.807, 2.05) is 30.3 Å². The molecule has 2 aliphatic rings. The van der Waals surface area contributed by atoms with Crippen molar-refractivity contribution in [1.82, 2.24) is 15.6 Å². The van der Waals surface area contributed by atoms with Gasteiger partial charge in [-0.3, -0.25) is 9.78 Å². The average Bonchev–Trinajstić information content (AvgIpc) is 3.44. The van der Waals surface area contributed by atoms with Crippen LogP contribution < -0.4 is 10.6 Å². The van der Waals surface area contributed by atoms with Crippen molar-refractivity contribution >= 4 is 11.6 Å². The van der Waals surface area contributed by atoms with Gasteiger partial charge in [0.25, 0.3) is 5.91 Å². The molecular weight excluding hydrogens is 392 g/mol. The maximum absolute atomic E-state index is 12.9. The molecule has 1 aromatic carbocycles. The highest BCUT2D eigenvalue weighted by Crippen LogP contribution is 2.37. The van der Waals surface area contributed by atoms with Gasteiger partial charge in [-0.05, 0) is 74.2 Å². The zero-order valence-electron chi connectivity index (χ0n) is 17.1. The van der Waals surface area contributed by atoms with Crippen molar-refractivity contribution < 1.29 is 14.4 Å². The fourth-order valence-electron chi connectivity index (χ4n) is 4.40. The minimum Gasteiger partial charge on any atom is -0.450 e. The molecule has 7 heteroatoms. The molecule has 1 amide bonds. The molecule has 1 fully saturated rings. The first-order valence-electron chi connectivity index (χ1n) is 10.6. The van der Waals surface area contributed by atoms with Crippen LogP contribution in [-0.4, -0.2) is 40.9 Å². The molecule has 1 aliphatic heterocycles. The molecule has 1 aliphatic carbocycles. The number of hydrogen-bond donors (Lipinski definition) is 3. The smallest absolute Gasteiger partial charge is 0.287 e. The number of fused-ring (bicyclic) bond motifs is 1. The molecule has 5 rings (SSSR count). The summed E-state index contributed by atoms with van der Waals surface area (Å²) in [5.74, 6) is 0.765.